The fourth-order valence-electron chi connectivity index (χ4n) is 1.03. The van der Waals surface area contributed by atoms with E-state index in [2.05, 4.69) is 31.2 Å². The molecule has 0 amide bonds. The number of hydrogen-bond donors (Lipinski definition) is 1. The SMILES string of the molecule is CCc1cccc(SCCN)c1. The highest BCUT2D eigenvalue weighted by Gasteiger charge is 1.93. The van der Waals surface area contributed by atoms with E-state index in [0.717, 1.165) is 18.7 Å². The van der Waals surface area contributed by atoms with Crippen LogP contribution >= 0.6 is 11.8 Å². The zero-order valence-electron chi connectivity index (χ0n) is 7.42. The molecule has 0 unspecified atom stereocenters. The molecule has 1 rings (SSSR count). The first kappa shape index (κ1) is 9.62. The van der Waals surface area contributed by atoms with Crippen molar-refractivity contribution in [1.29, 1.82) is 0 Å². The third kappa shape index (κ3) is 2.88. The van der Waals surface area contributed by atoms with Crippen LogP contribution in [0.2, 0.25) is 0 Å². The van der Waals surface area contributed by atoms with Crippen molar-refractivity contribution < 1.29 is 0 Å². The highest BCUT2D eigenvalue weighted by molar-refractivity contribution is 7.99. The molecule has 0 saturated heterocycles. The molecular weight excluding hydrogens is 166 g/mol. The van der Waals surface area contributed by atoms with Gasteiger partial charge in [0.1, 0.15) is 0 Å². The molecule has 66 valence electrons. The van der Waals surface area contributed by atoms with Crippen LogP contribution in [-0.4, -0.2) is 12.3 Å². The van der Waals surface area contributed by atoms with Gasteiger partial charge in [0, 0.05) is 17.2 Å². The van der Waals surface area contributed by atoms with E-state index in [1.807, 2.05) is 11.8 Å². The minimum absolute atomic E-state index is 0.751. The van der Waals surface area contributed by atoms with Gasteiger partial charge in [-0.1, -0.05) is 19.1 Å². The molecule has 1 aromatic carbocycles. The number of aryl methyl sites for hydroxylation is 1. The van der Waals surface area contributed by atoms with E-state index < -0.39 is 0 Å². The van der Waals surface area contributed by atoms with Crippen molar-refractivity contribution >= 4 is 11.8 Å². The fraction of sp³-hybridized carbons (Fsp3) is 0.400. The molecule has 12 heavy (non-hydrogen) atoms. The lowest BCUT2D eigenvalue weighted by molar-refractivity contribution is 1.12. The van der Waals surface area contributed by atoms with Crippen LogP contribution in [0, 0.1) is 0 Å². The molecule has 2 N–H and O–H groups in total. The van der Waals surface area contributed by atoms with Crippen LogP contribution in [0.15, 0.2) is 29.2 Å². The van der Waals surface area contributed by atoms with Crippen LogP contribution in [0.4, 0.5) is 0 Å². The molecular formula is C10H15NS. The molecule has 0 saturated carbocycles. The monoisotopic (exact) mass is 181 g/mol. The maximum Gasteiger partial charge on any atom is 0.0103 e. The summed E-state index contributed by atoms with van der Waals surface area (Å²) in [5, 5.41) is 0. The van der Waals surface area contributed by atoms with Gasteiger partial charge < -0.3 is 5.73 Å². The third-order valence-electron chi connectivity index (χ3n) is 1.69. The zero-order chi connectivity index (χ0) is 8.81. The Morgan fingerprint density at radius 2 is 2.25 bits per heavy atom. The Bertz CT molecular complexity index is 235. The third-order valence-corrected chi connectivity index (χ3v) is 2.72. The second-order valence-electron chi connectivity index (χ2n) is 2.64. The quantitative estimate of drug-likeness (QED) is 0.721. The second-order valence-corrected chi connectivity index (χ2v) is 3.81. The summed E-state index contributed by atoms with van der Waals surface area (Å²) in [4.78, 5) is 1.33. The van der Waals surface area contributed by atoms with E-state index in [0.29, 0.717) is 0 Å². The Hall–Kier alpha value is -0.470. The summed E-state index contributed by atoms with van der Waals surface area (Å²) < 4.78 is 0. The highest BCUT2D eigenvalue weighted by Crippen LogP contribution is 2.18. The number of thioether (sulfide) groups is 1. The molecule has 1 aromatic rings. The van der Waals surface area contributed by atoms with Crippen LogP contribution in [0.5, 0.6) is 0 Å². The molecule has 0 aliphatic carbocycles. The molecule has 0 aliphatic rings. The Morgan fingerprint density at radius 3 is 2.92 bits per heavy atom. The average molecular weight is 181 g/mol. The largest absolute Gasteiger partial charge is 0.330 e. The van der Waals surface area contributed by atoms with Crippen LogP contribution < -0.4 is 5.73 Å². The Balaban J connectivity index is 2.60. The van der Waals surface area contributed by atoms with Crippen molar-refractivity contribution in [1.82, 2.24) is 0 Å². The molecule has 0 aromatic heterocycles. The minimum atomic E-state index is 0.751. The summed E-state index contributed by atoms with van der Waals surface area (Å²) in [6.45, 7) is 2.92. The van der Waals surface area contributed by atoms with Crippen molar-refractivity contribution in [3.8, 4) is 0 Å². The molecule has 2 heteroatoms. The van der Waals surface area contributed by atoms with Gasteiger partial charge in [0.15, 0.2) is 0 Å². The van der Waals surface area contributed by atoms with Gasteiger partial charge in [-0.3, -0.25) is 0 Å². The smallest absolute Gasteiger partial charge is 0.0103 e. The van der Waals surface area contributed by atoms with Gasteiger partial charge >= 0.3 is 0 Å². The number of nitrogens with two attached hydrogens (primary N) is 1. The topological polar surface area (TPSA) is 26.0 Å². The van der Waals surface area contributed by atoms with Crippen LogP contribution in [0.25, 0.3) is 0 Å². The van der Waals surface area contributed by atoms with Gasteiger partial charge in [-0.05, 0) is 24.1 Å². The van der Waals surface area contributed by atoms with Crippen LogP contribution in [0.1, 0.15) is 12.5 Å². The predicted octanol–water partition coefficient (Wildman–Crippen LogP) is 2.30. The molecule has 0 spiro atoms. The summed E-state index contributed by atoms with van der Waals surface area (Å²) in [5.41, 5.74) is 6.83. The predicted molar refractivity (Wildman–Crippen MR) is 55.6 cm³/mol. The van der Waals surface area contributed by atoms with E-state index in [-0.39, 0.29) is 0 Å². The van der Waals surface area contributed by atoms with Gasteiger partial charge in [-0.15, -0.1) is 11.8 Å². The summed E-state index contributed by atoms with van der Waals surface area (Å²) >= 11 is 1.82. The van der Waals surface area contributed by atoms with Gasteiger partial charge in [-0.25, -0.2) is 0 Å². The Morgan fingerprint density at radius 1 is 1.42 bits per heavy atom. The lowest BCUT2D eigenvalue weighted by Crippen LogP contribution is -2.00. The molecule has 1 nitrogen and oxygen atoms in total. The first-order valence-electron chi connectivity index (χ1n) is 4.28. The van der Waals surface area contributed by atoms with Gasteiger partial charge in [0.25, 0.3) is 0 Å². The van der Waals surface area contributed by atoms with Crippen molar-refractivity contribution in [3.05, 3.63) is 29.8 Å². The number of benzene rings is 1. The lowest BCUT2D eigenvalue weighted by atomic mass is 10.2. The fourth-order valence-corrected chi connectivity index (χ4v) is 1.80. The summed E-state index contributed by atoms with van der Waals surface area (Å²) in [6.07, 6.45) is 1.11. The number of rotatable bonds is 4. The summed E-state index contributed by atoms with van der Waals surface area (Å²) in [5.74, 6) is 1.01. The van der Waals surface area contributed by atoms with E-state index in [1.54, 1.807) is 0 Å². The normalized spacial score (nSPS) is 10.2. The Kier molecular flexibility index (Phi) is 4.19. The molecule has 0 atom stereocenters. The lowest BCUT2D eigenvalue weighted by Gasteiger charge is -2.01. The van der Waals surface area contributed by atoms with Gasteiger partial charge in [-0.2, -0.15) is 0 Å². The maximum absolute atomic E-state index is 5.43. The van der Waals surface area contributed by atoms with Crippen molar-refractivity contribution in [3.63, 3.8) is 0 Å². The highest BCUT2D eigenvalue weighted by atomic mass is 32.2. The second kappa shape index (κ2) is 5.22. The summed E-state index contributed by atoms with van der Waals surface area (Å²) in [7, 11) is 0. The molecule has 0 heterocycles. The van der Waals surface area contributed by atoms with E-state index in [9.17, 15) is 0 Å². The summed E-state index contributed by atoms with van der Waals surface area (Å²) in [6, 6.07) is 8.64. The molecule has 0 fully saturated rings. The zero-order valence-corrected chi connectivity index (χ0v) is 8.23. The maximum atomic E-state index is 5.43. The Labute approximate surface area is 78.4 Å². The van der Waals surface area contributed by atoms with Crippen LogP contribution in [0.3, 0.4) is 0 Å². The van der Waals surface area contributed by atoms with Crippen molar-refractivity contribution in [2.45, 2.75) is 18.2 Å². The molecule has 0 aliphatic heterocycles. The first-order valence-corrected chi connectivity index (χ1v) is 5.27. The van der Waals surface area contributed by atoms with E-state index >= 15 is 0 Å². The van der Waals surface area contributed by atoms with E-state index in [1.165, 1.54) is 10.5 Å². The van der Waals surface area contributed by atoms with Crippen molar-refractivity contribution in [2.24, 2.45) is 5.73 Å². The van der Waals surface area contributed by atoms with Crippen LogP contribution in [-0.2, 0) is 6.42 Å². The van der Waals surface area contributed by atoms with E-state index in [4.69, 9.17) is 5.73 Å². The number of hydrogen-bond acceptors (Lipinski definition) is 2. The van der Waals surface area contributed by atoms with Gasteiger partial charge in [0.05, 0.1) is 0 Å². The van der Waals surface area contributed by atoms with Gasteiger partial charge in [0.2, 0.25) is 0 Å². The molecule has 0 bridgehead atoms. The van der Waals surface area contributed by atoms with Crippen molar-refractivity contribution in [2.75, 3.05) is 12.3 Å². The standard InChI is InChI=1S/C10H15NS/c1-2-9-4-3-5-10(8-9)12-7-6-11/h3-5,8H,2,6-7,11H2,1H3. The minimum Gasteiger partial charge on any atom is -0.330 e. The first-order chi connectivity index (χ1) is 5.86. The average Bonchev–Trinajstić information content (AvgIpc) is 2.15. The molecule has 0 radical (unpaired) electrons.